The summed E-state index contributed by atoms with van der Waals surface area (Å²) in [6, 6.07) is 5.80. The van der Waals surface area contributed by atoms with Crippen LogP contribution < -0.4 is 11.1 Å². The highest BCUT2D eigenvalue weighted by molar-refractivity contribution is 5.92. The lowest BCUT2D eigenvalue weighted by atomic mass is 10.1. The van der Waals surface area contributed by atoms with E-state index in [4.69, 9.17) is 5.73 Å². The first-order chi connectivity index (χ1) is 9.78. The molecule has 118 valence electrons. The molecule has 1 rings (SSSR count). The molecule has 0 spiro atoms. The Hall–Kier alpha value is -1.76. The number of benzene rings is 1. The van der Waals surface area contributed by atoms with E-state index in [1.807, 2.05) is 32.0 Å². The number of aryl methyl sites for hydroxylation is 2. The molecule has 0 saturated heterocycles. The van der Waals surface area contributed by atoms with Gasteiger partial charge in [-0.05, 0) is 43.5 Å². The van der Waals surface area contributed by atoms with Crippen LogP contribution in [0.1, 0.15) is 17.5 Å². The van der Waals surface area contributed by atoms with Crippen LogP contribution in [0.15, 0.2) is 23.2 Å². The van der Waals surface area contributed by atoms with E-state index in [0.29, 0.717) is 13.0 Å². The van der Waals surface area contributed by atoms with Crippen molar-refractivity contribution in [2.24, 2.45) is 10.7 Å². The maximum Gasteiger partial charge on any atom is 0.411 e. The van der Waals surface area contributed by atoms with Crippen LogP contribution in [0, 0.1) is 13.8 Å². The van der Waals surface area contributed by atoms with Gasteiger partial charge in [-0.2, -0.15) is 13.2 Å². The van der Waals surface area contributed by atoms with E-state index in [2.05, 4.69) is 15.0 Å². The third-order valence-electron chi connectivity index (χ3n) is 2.77. The number of halogens is 3. The Kier molecular flexibility index (Phi) is 6.48. The molecule has 0 saturated carbocycles. The summed E-state index contributed by atoms with van der Waals surface area (Å²) in [7, 11) is 0. The summed E-state index contributed by atoms with van der Waals surface area (Å²) in [5.74, 6) is 0.231. The van der Waals surface area contributed by atoms with Crippen molar-refractivity contribution in [3.63, 3.8) is 0 Å². The molecular formula is C14H20F3N3O. The zero-order valence-corrected chi connectivity index (χ0v) is 12.1. The first-order valence-corrected chi connectivity index (χ1v) is 6.56. The average molecular weight is 303 g/mol. The fourth-order valence-electron chi connectivity index (χ4n) is 1.56. The van der Waals surface area contributed by atoms with Crippen molar-refractivity contribution in [3.05, 3.63) is 29.3 Å². The predicted octanol–water partition coefficient (Wildman–Crippen LogP) is 3.00. The molecule has 1 aromatic carbocycles. The van der Waals surface area contributed by atoms with Gasteiger partial charge >= 0.3 is 6.18 Å². The van der Waals surface area contributed by atoms with E-state index in [1.54, 1.807) is 0 Å². The summed E-state index contributed by atoms with van der Waals surface area (Å²) >= 11 is 0. The molecule has 0 fully saturated rings. The second-order valence-corrected chi connectivity index (χ2v) is 4.71. The van der Waals surface area contributed by atoms with Crippen LogP contribution >= 0.6 is 0 Å². The van der Waals surface area contributed by atoms with Gasteiger partial charge in [0, 0.05) is 18.8 Å². The van der Waals surface area contributed by atoms with Gasteiger partial charge in [-0.25, -0.2) is 0 Å². The molecule has 0 aliphatic carbocycles. The van der Waals surface area contributed by atoms with E-state index < -0.39 is 12.8 Å². The van der Waals surface area contributed by atoms with E-state index in [9.17, 15) is 13.2 Å². The summed E-state index contributed by atoms with van der Waals surface area (Å²) in [6.45, 7) is 3.08. The van der Waals surface area contributed by atoms with E-state index in [0.717, 1.165) is 11.3 Å². The van der Waals surface area contributed by atoms with E-state index >= 15 is 0 Å². The Morgan fingerprint density at radius 2 is 2.00 bits per heavy atom. The molecule has 3 N–H and O–H groups in total. The van der Waals surface area contributed by atoms with Crippen LogP contribution in [0.5, 0.6) is 0 Å². The molecular weight excluding hydrogens is 283 g/mol. The molecule has 4 nitrogen and oxygen atoms in total. The second-order valence-electron chi connectivity index (χ2n) is 4.71. The number of aliphatic imine (C=N–C) groups is 1. The number of hydrogen-bond donors (Lipinski definition) is 2. The standard InChI is InChI=1S/C14H20F3N3O/c1-10-4-5-12(8-11(10)2)20-13(18)19-6-3-7-21-9-14(15,16)17/h4-5,8H,3,6-7,9H2,1-2H3,(H3,18,19,20). The fraction of sp³-hybridized carbons (Fsp3) is 0.500. The molecule has 0 aliphatic heterocycles. The van der Waals surface area contributed by atoms with Gasteiger partial charge in [0.2, 0.25) is 0 Å². The number of nitrogens with one attached hydrogen (secondary N) is 1. The van der Waals surface area contributed by atoms with Gasteiger partial charge < -0.3 is 15.8 Å². The van der Waals surface area contributed by atoms with E-state index in [-0.39, 0.29) is 12.6 Å². The quantitative estimate of drug-likeness (QED) is 0.482. The number of hydrogen-bond acceptors (Lipinski definition) is 2. The lowest BCUT2D eigenvalue weighted by Crippen LogP contribution is -2.23. The topological polar surface area (TPSA) is 59.6 Å². The molecule has 0 aromatic heterocycles. The largest absolute Gasteiger partial charge is 0.411 e. The van der Waals surface area contributed by atoms with Crippen LogP contribution in [0.3, 0.4) is 0 Å². The minimum atomic E-state index is -4.28. The lowest BCUT2D eigenvalue weighted by molar-refractivity contribution is -0.173. The number of rotatable bonds is 6. The van der Waals surface area contributed by atoms with Gasteiger partial charge in [-0.3, -0.25) is 4.99 Å². The molecule has 0 unspecified atom stereocenters. The minimum absolute atomic E-state index is 0.0000696. The second kappa shape index (κ2) is 7.87. The van der Waals surface area contributed by atoms with Gasteiger partial charge in [-0.1, -0.05) is 6.07 Å². The Morgan fingerprint density at radius 3 is 2.62 bits per heavy atom. The van der Waals surface area contributed by atoms with Gasteiger partial charge in [0.05, 0.1) is 0 Å². The van der Waals surface area contributed by atoms with Crippen LogP contribution in [0.4, 0.5) is 18.9 Å². The maximum atomic E-state index is 11.8. The number of nitrogens with two attached hydrogens (primary N) is 1. The monoisotopic (exact) mass is 303 g/mol. The Balaban J connectivity index is 2.28. The summed E-state index contributed by atoms with van der Waals surface area (Å²) in [4.78, 5) is 4.03. The minimum Gasteiger partial charge on any atom is -0.372 e. The fourth-order valence-corrected chi connectivity index (χ4v) is 1.56. The molecule has 0 atom stereocenters. The summed E-state index contributed by atoms with van der Waals surface area (Å²) in [5.41, 5.74) is 8.83. The third kappa shape index (κ3) is 7.55. The third-order valence-corrected chi connectivity index (χ3v) is 2.77. The SMILES string of the molecule is Cc1ccc(NC(N)=NCCCOCC(F)(F)F)cc1C. The summed E-state index contributed by atoms with van der Waals surface area (Å²) in [6.07, 6.45) is -3.90. The van der Waals surface area contributed by atoms with Crippen molar-refractivity contribution >= 4 is 11.6 Å². The van der Waals surface area contributed by atoms with Crippen molar-refractivity contribution in [3.8, 4) is 0 Å². The van der Waals surface area contributed by atoms with Crippen molar-refractivity contribution in [1.82, 2.24) is 0 Å². The zero-order valence-electron chi connectivity index (χ0n) is 12.1. The van der Waals surface area contributed by atoms with Crippen LogP contribution in [-0.2, 0) is 4.74 Å². The number of anilines is 1. The predicted molar refractivity (Wildman–Crippen MR) is 77.5 cm³/mol. The van der Waals surface area contributed by atoms with Crippen LogP contribution in [-0.4, -0.2) is 31.9 Å². The molecule has 0 aliphatic rings. The highest BCUT2D eigenvalue weighted by atomic mass is 19.4. The zero-order chi connectivity index (χ0) is 15.9. The van der Waals surface area contributed by atoms with E-state index in [1.165, 1.54) is 5.56 Å². The van der Waals surface area contributed by atoms with Gasteiger partial charge in [0.25, 0.3) is 0 Å². The van der Waals surface area contributed by atoms with Crippen LogP contribution in [0.2, 0.25) is 0 Å². The molecule has 0 radical (unpaired) electrons. The molecule has 0 amide bonds. The van der Waals surface area contributed by atoms with Crippen LogP contribution in [0.25, 0.3) is 0 Å². The van der Waals surface area contributed by atoms with Crippen molar-refractivity contribution in [2.75, 3.05) is 25.1 Å². The highest BCUT2D eigenvalue weighted by Crippen LogP contribution is 2.15. The number of ether oxygens (including phenoxy) is 1. The molecule has 0 bridgehead atoms. The first kappa shape index (κ1) is 17.3. The smallest absolute Gasteiger partial charge is 0.372 e. The van der Waals surface area contributed by atoms with Crippen molar-refractivity contribution in [1.29, 1.82) is 0 Å². The Bertz CT molecular complexity index is 487. The Morgan fingerprint density at radius 1 is 1.29 bits per heavy atom. The molecule has 7 heteroatoms. The summed E-state index contributed by atoms with van der Waals surface area (Å²) < 4.78 is 39.9. The number of nitrogens with zero attached hydrogens (tertiary/aromatic N) is 1. The molecule has 1 aromatic rings. The number of guanidine groups is 1. The highest BCUT2D eigenvalue weighted by Gasteiger charge is 2.27. The Labute approximate surface area is 122 Å². The van der Waals surface area contributed by atoms with Gasteiger partial charge in [0.1, 0.15) is 6.61 Å². The normalized spacial score (nSPS) is 12.5. The van der Waals surface area contributed by atoms with Gasteiger partial charge in [-0.15, -0.1) is 0 Å². The molecule has 0 heterocycles. The number of alkyl halides is 3. The molecule has 21 heavy (non-hydrogen) atoms. The maximum absolute atomic E-state index is 11.8. The van der Waals surface area contributed by atoms with Gasteiger partial charge in [0.15, 0.2) is 5.96 Å². The first-order valence-electron chi connectivity index (χ1n) is 6.56. The summed E-state index contributed by atoms with van der Waals surface area (Å²) in [5, 5.41) is 2.93. The van der Waals surface area contributed by atoms with Crippen molar-refractivity contribution in [2.45, 2.75) is 26.4 Å². The average Bonchev–Trinajstić information content (AvgIpc) is 2.37. The lowest BCUT2D eigenvalue weighted by Gasteiger charge is -2.08. The van der Waals surface area contributed by atoms with Crippen molar-refractivity contribution < 1.29 is 17.9 Å².